The fraction of sp³-hybridized carbons (Fsp3) is 0.182. The summed E-state index contributed by atoms with van der Waals surface area (Å²) in [5.41, 5.74) is 8.61. The summed E-state index contributed by atoms with van der Waals surface area (Å²) in [6.07, 6.45) is 9.20. The first-order valence-corrected chi connectivity index (χ1v) is 13.5. The van der Waals surface area contributed by atoms with E-state index in [-0.39, 0.29) is 17.7 Å². The van der Waals surface area contributed by atoms with Crippen molar-refractivity contribution >= 4 is 27.7 Å². The molecule has 1 unspecified atom stereocenters. The van der Waals surface area contributed by atoms with E-state index in [0.29, 0.717) is 5.56 Å². The highest BCUT2D eigenvalue weighted by Gasteiger charge is 2.33. The maximum Gasteiger partial charge on any atom is 0.252 e. The van der Waals surface area contributed by atoms with E-state index >= 15 is 0 Å². The van der Waals surface area contributed by atoms with Crippen LogP contribution in [0.5, 0.6) is 5.75 Å². The Bertz CT molecular complexity index is 1850. The summed E-state index contributed by atoms with van der Waals surface area (Å²) in [4.78, 5) is 16.4. The van der Waals surface area contributed by atoms with Crippen molar-refractivity contribution in [1.29, 1.82) is 0 Å². The molecule has 0 saturated heterocycles. The molecule has 1 amide bonds. The fourth-order valence-corrected chi connectivity index (χ4v) is 6.10. The minimum absolute atomic E-state index is 0.0990. The average molecular weight is 515 g/mol. The van der Waals surface area contributed by atoms with Gasteiger partial charge < -0.3 is 24.5 Å². The maximum atomic E-state index is 12.8. The lowest BCUT2D eigenvalue weighted by molar-refractivity contribution is 0.0960. The quantitative estimate of drug-likeness (QED) is 0.236. The number of aromatic amines is 1. The topological polar surface area (TPSA) is 75.0 Å². The first kappa shape index (κ1) is 23.4. The number of hydrogen-bond donors (Lipinski definition) is 3. The van der Waals surface area contributed by atoms with Crippen molar-refractivity contribution in [1.82, 2.24) is 19.4 Å². The molecule has 0 spiro atoms. The summed E-state index contributed by atoms with van der Waals surface area (Å²) in [5.74, 6) is 0.0714. The summed E-state index contributed by atoms with van der Waals surface area (Å²) in [5, 5.41) is 15.7. The van der Waals surface area contributed by atoms with Gasteiger partial charge in [-0.25, -0.2) is 0 Å². The van der Waals surface area contributed by atoms with Gasteiger partial charge in [0.25, 0.3) is 5.91 Å². The third-order valence-corrected chi connectivity index (χ3v) is 7.96. The summed E-state index contributed by atoms with van der Waals surface area (Å²) >= 11 is 0. The van der Waals surface area contributed by atoms with E-state index in [1.807, 2.05) is 12.1 Å². The van der Waals surface area contributed by atoms with E-state index in [1.54, 1.807) is 18.2 Å². The van der Waals surface area contributed by atoms with Crippen LogP contribution in [0.1, 0.15) is 50.8 Å². The molecule has 6 heteroatoms. The van der Waals surface area contributed by atoms with Crippen molar-refractivity contribution in [3.05, 3.63) is 125 Å². The molecular weight excluding hydrogens is 484 g/mol. The summed E-state index contributed by atoms with van der Waals surface area (Å²) in [6, 6.07) is 24.1. The third-order valence-electron chi connectivity index (χ3n) is 7.96. The van der Waals surface area contributed by atoms with E-state index in [1.165, 1.54) is 22.0 Å². The second-order valence-electron chi connectivity index (χ2n) is 10.6. The van der Waals surface area contributed by atoms with Crippen LogP contribution < -0.4 is 5.32 Å². The molecule has 1 aliphatic rings. The molecule has 4 heterocycles. The molecule has 6 aromatic rings. The number of carbonyl (C=O) groups is 1. The number of rotatable bonds is 7. The van der Waals surface area contributed by atoms with Crippen LogP contribution in [-0.2, 0) is 26.4 Å². The molecule has 0 saturated carbocycles. The second kappa shape index (κ2) is 9.24. The van der Waals surface area contributed by atoms with Gasteiger partial charge in [-0.3, -0.25) is 4.79 Å². The minimum Gasteiger partial charge on any atom is -0.508 e. The predicted octanol–water partition coefficient (Wildman–Crippen LogP) is 6.22. The number of fused-ring (bicyclic) bond motifs is 3. The zero-order valence-corrected chi connectivity index (χ0v) is 21.8. The third kappa shape index (κ3) is 4.18. The van der Waals surface area contributed by atoms with Gasteiger partial charge in [-0.15, -0.1) is 0 Å². The average Bonchev–Trinajstić information content (AvgIpc) is 3.69. The van der Waals surface area contributed by atoms with Crippen molar-refractivity contribution in [2.45, 2.75) is 31.8 Å². The van der Waals surface area contributed by atoms with Crippen LogP contribution in [0.3, 0.4) is 0 Å². The normalized spacial score (nSPS) is 14.8. The Morgan fingerprint density at radius 2 is 1.82 bits per heavy atom. The lowest BCUT2D eigenvalue weighted by Gasteiger charge is -2.15. The van der Waals surface area contributed by atoms with Gasteiger partial charge in [0, 0.05) is 65.4 Å². The molecule has 0 fully saturated rings. The number of hydrogen-bond acceptors (Lipinski definition) is 2. The van der Waals surface area contributed by atoms with E-state index in [2.05, 4.69) is 87.5 Å². The number of para-hydroxylation sites is 1. The number of aryl methyl sites for hydroxylation is 3. The Kier molecular flexibility index (Phi) is 5.55. The van der Waals surface area contributed by atoms with Crippen LogP contribution in [0, 0.1) is 0 Å². The molecule has 0 radical (unpaired) electrons. The maximum absolute atomic E-state index is 12.8. The van der Waals surface area contributed by atoms with Crippen molar-refractivity contribution < 1.29 is 9.90 Å². The van der Waals surface area contributed by atoms with Gasteiger partial charge in [-0.05, 0) is 83.8 Å². The molecule has 3 aromatic heterocycles. The Morgan fingerprint density at radius 1 is 0.923 bits per heavy atom. The van der Waals surface area contributed by atoms with Crippen LogP contribution in [0.15, 0.2) is 91.4 Å². The molecule has 7 rings (SSSR count). The van der Waals surface area contributed by atoms with Crippen LogP contribution in [0.25, 0.3) is 21.8 Å². The minimum atomic E-state index is -0.289. The molecule has 1 aliphatic heterocycles. The van der Waals surface area contributed by atoms with Gasteiger partial charge in [-0.2, -0.15) is 0 Å². The predicted molar refractivity (Wildman–Crippen MR) is 154 cm³/mol. The SMILES string of the molecule is Cn1ccc(Cn2ccc3ccc(CCCc4[nH]c5ccccc5c4C4NC(=O)c5ccc(O)cc54)cc32)c1. The van der Waals surface area contributed by atoms with Gasteiger partial charge in [-0.1, -0.05) is 30.3 Å². The Hall–Kier alpha value is -4.71. The fourth-order valence-electron chi connectivity index (χ4n) is 6.10. The molecule has 39 heavy (non-hydrogen) atoms. The highest BCUT2D eigenvalue weighted by Crippen LogP contribution is 2.39. The summed E-state index contributed by atoms with van der Waals surface area (Å²) in [6.45, 7) is 0.857. The molecule has 0 bridgehead atoms. The van der Waals surface area contributed by atoms with Crippen molar-refractivity contribution in [2.24, 2.45) is 7.05 Å². The van der Waals surface area contributed by atoms with Gasteiger partial charge in [0.15, 0.2) is 0 Å². The molecule has 1 atom stereocenters. The molecular formula is C33H30N4O2. The van der Waals surface area contributed by atoms with E-state index in [9.17, 15) is 9.90 Å². The van der Waals surface area contributed by atoms with Gasteiger partial charge in [0.2, 0.25) is 0 Å². The van der Waals surface area contributed by atoms with Gasteiger partial charge in [0.1, 0.15) is 5.75 Å². The van der Waals surface area contributed by atoms with Crippen LogP contribution in [-0.4, -0.2) is 25.1 Å². The van der Waals surface area contributed by atoms with Crippen molar-refractivity contribution in [3.63, 3.8) is 0 Å². The number of nitrogens with one attached hydrogen (secondary N) is 2. The smallest absolute Gasteiger partial charge is 0.252 e. The standard InChI is InChI=1S/C33H30N4O2/c1-36-15-13-22(19-36)20-37-16-14-23-10-9-21(17-30(23)37)5-4-8-29-31(26-6-2-3-7-28(26)34-29)32-27-18-24(38)11-12-25(27)33(39)35-32/h2-3,6-7,9-19,32,34,38H,4-5,8,20H2,1H3,(H,35,39). The molecule has 3 aromatic carbocycles. The zero-order valence-electron chi connectivity index (χ0n) is 21.8. The van der Waals surface area contributed by atoms with Crippen molar-refractivity contribution in [2.75, 3.05) is 0 Å². The number of carbonyl (C=O) groups excluding carboxylic acids is 1. The van der Waals surface area contributed by atoms with Crippen LogP contribution in [0.2, 0.25) is 0 Å². The van der Waals surface area contributed by atoms with Crippen LogP contribution in [0.4, 0.5) is 0 Å². The summed E-state index contributed by atoms with van der Waals surface area (Å²) in [7, 11) is 2.05. The lowest BCUT2D eigenvalue weighted by atomic mass is 9.94. The van der Waals surface area contributed by atoms with E-state index in [4.69, 9.17) is 0 Å². The lowest BCUT2D eigenvalue weighted by Crippen LogP contribution is -2.20. The van der Waals surface area contributed by atoms with E-state index in [0.717, 1.165) is 53.5 Å². The monoisotopic (exact) mass is 514 g/mol. The zero-order chi connectivity index (χ0) is 26.5. The Labute approximate surface area is 226 Å². The highest BCUT2D eigenvalue weighted by molar-refractivity contribution is 6.01. The van der Waals surface area contributed by atoms with Crippen molar-refractivity contribution in [3.8, 4) is 5.75 Å². The first-order valence-electron chi connectivity index (χ1n) is 13.5. The Balaban J connectivity index is 1.15. The van der Waals surface area contributed by atoms with Crippen LogP contribution >= 0.6 is 0 Å². The number of H-pyrrole nitrogens is 1. The highest BCUT2D eigenvalue weighted by atomic mass is 16.3. The number of phenols is 1. The number of benzene rings is 3. The molecule has 3 N–H and O–H groups in total. The molecule has 0 aliphatic carbocycles. The number of aromatic hydroxyl groups is 1. The molecule has 6 nitrogen and oxygen atoms in total. The summed E-state index contributed by atoms with van der Waals surface area (Å²) < 4.78 is 4.41. The molecule has 194 valence electrons. The second-order valence-corrected chi connectivity index (χ2v) is 10.6. The van der Waals surface area contributed by atoms with Gasteiger partial charge >= 0.3 is 0 Å². The number of nitrogens with zero attached hydrogens (tertiary/aromatic N) is 2. The largest absolute Gasteiger partial charge is 0.508 e. The first-order chi connectivity index (χ1) is 19.0. The number of amides is 1. The number of phenolic OH excluding ortho intramolecular Hbond substituents is 1. The number of aromatic nitrogens is 3. The Morgan fingerprint density at radius 3 is 2.69 bits per heavy atom. The van der Waals surface area contributed by atoms with Gasteiger partial charge in [0.05, 0.1) is 6.04 Å². The van der Waals surface area contributed by atoms with E-state index < -0.39 is 0 Å².